The Morgan fingerprint density at radius 1 is 1.11 bits per heavy atom. The highest BCUT2D eigenvalue weighted by Crippen LogP contribution is 2.40. The van der Waals surface area contributed by atoms with Gasteiger partial charge < -0.3 is 18.9 Å². The molecule has 0 aliphatic carbocycles. The van der Waals surface area contributed by atoms with Gasteiger partial charge in [0.1, 0.15) is 0 Å². The topological polar surface area (TPSA) is 54.0 Å². The Morgan fingerprint density at radius 3 is 2.32 bits per heavy atom. The first-order chi connectivity index (χ1) is 9.17. The van der Waals surface area contributed by atoms with E-state index in [1.54, 1.807) is 32.2 Å². The summed E-state index contributed by atoms with van der Waals surface area (Å²) in [5.41, 5.74) is 0.702. The van der Waals surface area contributed by atoms with E-state index in [1.165, 1.54) is 20.3 Å². The van der Waals surface area contributed by atoms with Gasteiger partial charge in [0.2, 0.25) is 5.75 Å². The number of hydrogen-bond acceptors (Lipinski definition) is 5. The number of benzene rings is 1. The van der Waals surface area contributed by atoms with Crippen LogP contribution >= 0.6 is 0 Å². The van der Waals surface area contributed by atoms with Crippen molar-refractivity contribution < 1.29 is 23.7 Å². The van der Waals surface area contributed by atoms with E-state index in [0.717, 1.165) is 0 Å². The molecule has 1 aromatic rings. The lowest BCUT2D eigenvalue weighted by atomic mass is 10.1. The van der Waals surface area contributed by atoms with Crippen molar-refractivity contribution in [2.24, 2.45) is 0 Å². The van der Waals surface area contributed by atoms with Gasteiger partial charge in [-0.2, -0.15) is 0 Å². The fraction of sp³-hybridized carbons (Fsp3) is 0.357. The summed E-state index contributed by atoms with van der Waals surface area (Å²) in [5, 5.41) is 0. The Morgan fingerprint density at radius 2 is 1.79 bits per heavy atom. The molecule has 19 heavy (non-hydrogen) atoms. The maximum atomic E-state index is 11.3. The molecule has 104 valence electrons. The lowest BCUT2D eigenvalue weighted by molar-refractivity contribution is -0.137. The van der Waals surface area contributed by atoms with Crippen LogP contribution in [-0.2, 0) is 9.53 Å². The maximum absolute atomic E-state index is 11.3. The van der Waals surface area contributed by atoms with E-state index in [1.807, 2.05) is 0 Å². The van der Waals surface area contributed by atoms with Gasteiger partial charge in [-0.05, 0) is 25.1 Å². The number of rotatable bonds is 6. The fourth-order valence-corrected chi connectivity index (χ4v) is 1.60. The fourth-order valence-electron chi connectivity index (χ4n) is 1.60. The molecule has 1 aromatic carbocycles. The third-order valence-corrected chi connectivity index (χ3v) is 2.42. The van der Waals surface area contributed by atoms with Gasteiger partial charge in [-0.1, -0.05) is 0 Å². The summed E-state index contributed by atoms with van der Waals surface area (Å²) in [4.78, 5) is 11.3. The Bertz CT molecular complexity index is 465. The molecule has 0 aliphatic heterocycles. The van der Waals surface area contributed by atoms with E-state index in [2.05, 4.69) is 0 Å². The quantitative estimate of drug-likeness (QED) is 0.584. The Kier molecular flexibility index (Phi) is 5.73. The van der Waals surface area contributed by atoms with Crippen molar-refractivity contribution in [1.82, 2.24) is 0 Å². The van der Waals surface area contributed by atoms with Crippen LogP contribution in [0.3, 0.4) is 0 Å². The normalized spacial score (nSPS) is 10.3. The Hall–Kier alpha value is -2.17. The molecule has 0 amide bonds. The molecule has 5 nitrogen and oxygen atoms in total. The van der Waals surface area contributed by atoms with Crippen LogP contribution in [0, 0.1) is 0 Å². The van der Waals surface area contributed by atoms with Crippen molar-refractivity contribution >= 4 is 12.0 Å². The average Bonchev–Trinajstić information content (AvgIpc) is 2.43. The Labute approximate surface area is 112 Å². The second-order valence-corrected chi connectivity index (χ2v) is 3.51. The maximum Gasteiger partial charge on any atom is 0.330 e. The third kappa shape index (κ3) is 3.64. The van der Waals surface area contributed by atoms with Gasteiger partial charge in [0.25, 0.3) is 0 Å². The van der Waals surface area contributed by atoms with Crippen LogP contribution in [0.5, 0.6) is 17.2 Å². The molecule has 0 fully saturated rings. The number of hydrogen-bond donors (Lipinski definition) is 0. The van der Waals surface area contributed by atoms with Crippen LogP contribution in [0.4, 0.5) is 0 Å². The van der Waals surface area contributed by atoms with Crippen molar-refractivity contribution in [1.29, 1.82) is 0 Å². The third-order valence-electron chi connectivity index (χ3n) is 2.42. The first-order valence-electron chi connectivity index (χ1n) is 5.81. The number of methoxy groups -OCH3 is 3. The van der Waals surface area contributed by atoms with Crippen molar-refractivity contribution in [3.63, 3.8) is 0 Å². The molecule has 1 rings (SSSR count). The zero-order valence-electron chi connectivity index (χ0n) is 11.6. The van der Waals surface area contributed by atoms with Gasteiger partial charge in [-0.15, -0.1) is 0 Å². The van der Waals surface area contributed by atoms with Gasteiger partial charge in [-0.3, -0.25) is 0 Å². The molecule has 0 atom stereocenters. The molecule has 0 bridgehead atoms. The van der Waals surface area contributed by atoms with E-state index in [0.29, 0.717) is 29.4 Å². The highest BCUT2D eigenvalue weighted by molar-refractivity contribution is 5.88. The first kappa shape index (κ1) is 14.9. The second kappa shape index (κ2) is 7.31. The standard InChI is InChI=1S/C14H18O5/c1-5-19-12(15)9-7-10-6-8-11(16-2)14(18-4)13(10)17-3/h6-9H,5H2,1-4H3/b9-7+. The van der Waals surface area contributed by atoms with Gasteiger partial charge in [0.05, 0.1) is 27.9 Å². The lowest BCUT2D eigenvalue weighted by Crippen LogP contribution is -1.99. The SMILES string of the molecule is CCOC(=O)/C=C/c1ccc(OC)c(OC)c1OC. The molecule has 0 heterocycles. The molecular formula is C14H18O5. The molecule has 0 unspecified atom stereocenters. The van der Waals surface area contributed by atoms with Crippen LogP contribution < -0.4 is 14.2 Å². The molecule has 0 saturated carbocycles. The summed E-state index contributed by atoms with van der Waals surface area (Å²) in [7, 11) is 4.60. The summed E-state index contributed by atoms with van der Waals surface area (Å²) in [6, 6.07) is 3.52. The van der Waals surface area contributed by atoms with Gasteiger partial charge in [-0.25, -0.2) is 4.79 Å². The second-order valence-electron chi connectivity index (χ2n) is 3.51. The minimum Gasteiger partial charge on any atom is -0.493 e. The van der Waals surface area contributed by atoms with Gasteiger partial charge >= 0.3 is 5.97 Å². The van der Waals surface area contributed by atoms with Crippen LogP contribution in [0.15, 0.2) is 18.2 Å². The molecule has 5 heteroatoms. The van der Waals surface area contributed by atoms with Crippen molar-refractivity contribution in [2.45, 2.75) is 6.92 Å². The summed E-state index contributed by atoms with van der Waals surface area (Å²) in [6.45, 7) is 2.09. The predicted octanol–water partition coefficient (Wildman–Crippen LogP) is 2.29. The zero-order chi connectivity index (χ0) is 14.3. The van der Waals surface area contributed by atoms with E-state index in [4.69, 9.17) is 18.9 Å². The highest BCUT2D eigenvalue weighted by atomic mass is 16.5. The smallest absolute Gasteiger partial charge is 0.330 e. The van der Waals surface area contributed by atoms with E-state index >= 15 is 0 Å². The van der Waals surface area contributed by atoms with Crippen molar-refractivity contribution in [3.05, 3.63) is 23.8 Å². The number of ether oxygens (including phenoxy) is 4. The number of carbonyl (C=O) groups is 1. The van der Waals surface area contributed by atoms with Crippen LogP contribution in [0.2, 0.25) is 0 Å². The number of carbonyl (C=O) groups excluding carboxylic acids is 1. The van der Waals surface area contributed by atoms with Gasteiger partial charge in [0, 0.05) is 11.6 Å². The largest absolute Gasteiger partial charge is 0.493 e. The van der Waals surface area contributed by atoms with Crippen LogP contribution in [0.1, 0.15) is 12.5 Å². The molecule has 0 radical (unpaired) electrons. The monoisotopic (exact) mass is 266 g/mol. The number of esters is 1. The summed E-state index contributed by atoms with van der Waals surface area (Å²) < 4.78 is 20.5. The molecular weight excluding hydrogens is 248 g/mol. The van der Waals surface area contributed by atoms with Crippen molar-refractivity contribution in [2.75, 3.05) is 27.9 Å². The predicted molar refractivity (Wildman–Crippen MR) is 71.8 cm³/mol. The average molecular weight is 266 g/mol. The molecule has 0 N–H and O–H groups in total. The lowest BCUT2D eigenvalue weighted by Gasteiger charge is -2.13. The molecule has 0 spiro atoms. The van der Waals surface area contributed by atoms with E-state index in [9.17, 15) is 4.79 Å². The summed E-state index contributed by atoms with van der Waals surface area (Å²) >= 11 is 0. The van der Waals surface area contributed by atoms with E-state index < -0.39 is 5.97 Å². The van der Waals surface area contributed by atoms with Crippen LogP contribution in [-0.4, -0.2) is 33.9 Å². The minimum atomic E-state index is -0.403. The minimum absolute atomic E-state index is 0.340. The highest BCUT2D eigenvalue weighted by Gasteiger charge is 2.14. The van der Waals surface area contributed by atoms with Crippen molar-refractivity contribution in [3.8, 4) is 17.2 Å². The Balaban J connectivity index is 3.11. The molecule has 0 saturated heterocycles. The zero-order valence-corrected chi connectivity index (χ0v) is 11.6. The van der Waals surface area contributed by atoms with Gasteiger partial charge in [0.15, 0.2) is 11.5 Å². The molecule has 0 aliphatic rings. The summed E-state index contributed by atoms with van der Waals surface area (Å²) in [6.07, 6.45) is 2.95. The summed E-state index contributed by atoms with van der Waals surface area (Å²) in [5.74, 6) is 1.14. The van der Waals surface area contributed by atoms with E-state index in [-0.39, 0.29) is 0 Å². The first-order valence-corrected chi connectivity index (χ1v) is 5.81. The van der Waals surface area contributed by atoms with Crippen LogP contribution in [0.25, 0.3) is 6.08 Å². The molecule has 0 aromatic heterocycles.